The number of benzene rings is 2. The van der Waals surface area contributed by atoms with Gasteiger partial charge in [0, 0.05) is 17.8 Å². The minimum atomic E-state index is -0.150. The Kier molecular flexibility index (Phi) is 4.68. The van der Waals surface area contributed by atoms with E-state index < -0.39 is 0 Å². The van der Waals surface area contributed by atoms with Crippen LogP contribution in [0.1, 0.15) is 35.6 Å². The Morgan fingerprint density at radius 1 is 1.12 bits per heavy atom. The Hall–Kier alpha value is -4.00. The lowest BCUT2D eigenvalue weighted by atomic mass is 10.0. The highest BCUT2D eigenvalue weighted by atomic mass is 16.2. The van der Waals surface area contributed by atoms with Crippen molar-refractivity contribution < 1.29 is 4.79 Å². The number of fused-ring (bicyclic) bond motifs is 2. The second kappa shape index (κ2) is 7.85. The normalized spacial score (nSPS) is 13.6. The van der Waals surface area contributed by atoms with Crippen molar-refractivity contribution in [3.63, 3.8) is 0 Å². The smallest absolute Gasteiger partial charge is 0.246 e. The van der Waals surface area contributed by atoms with E-state index in [4.69, 9.17) is 0 Å². The first-order chi connectivity index (χ1) is 16.2. The topological polar surface area (TPSA) is 77.6 Å². The number of hydrogen-bond acceptors (Lipinski definition) is 4. The van der Waals surface area contributed by atoms with Crippen molar-refractivity contribution in [2.24, 2.45) is 0 Å². The first kappa shape index (κ1) is 19.7. The zero-order valence-corrected chi connectivity index (χ0v) is 18.4. The number of hydrogen-bond donors (Lipinski definition) is 1. The summed E-state index contributed by atoms with van der Waals surface area (Å²) in [5, 5.41) is 15.5. The second-order valence-electron chi connectivity index (χ2n) is 8.73. The average Bonchev–Trinajstić information content (AvgIpc) is 3.51. The molecule has 2 aromatic carbocycles. The van der Waals surface area contributed by atoms with Crippen molar-refractivity contribution in [3.8, 4) is 0 Å². The number of aromatic nitrogens is 5. The van der Waals surface area contributed by atoms with Crippen molar-refractivity contribution in [1.29, 1.82) is 0 Å². The number of aryl methyl sites for hydroxylation is 1. The predicted octanol–water partition coefficient (Wildman–Crippen LogP) is 4.65. The van der Waals surface area contributed by atoms with Crippen LogP contribution in [-0.2, 0) is 17.9 Å². The fraction of sp³-hybridized carbons (Fsp3) is 0.231. The van der Waals surface area contributed by atoms with Crippen molar-refractivity contribution in [3.05, 3.63) is 83.9 Å². The summed E-state index contributed by atoms with van der Waals surface area (Å²) < 4.78 is 3.54. The van der Waals surface area contributed by atoms with Gasteiger partial charge in [0.25, 0.3) is 0 Å². The molecular formula is C26H24N6O. The molecule has 33 heavy (non-hydrogen) atoms. The molecule has 1 aliphatic rings. The average molecular weight is 437 g/mol. The third-order valence-corrected chi connectivity index (χ3v) is 6.28. The lowest BCUT2D eigenvalue weighted by molar-refractivity contribution is -0.116. The van der Waals surface area contributed by atoms with Gasteiger partial charge in [0.05, 0.1) is 24.1 Å². The maximum atomic E-state index is 12.8. The highest BCUT2D eigenvalue weighted by molar-refractivity contribution is 5.92. The van der Waals surface area contributed by atoms with E-state index in [2.05, 4.69) is 56.9 Å². The third-order valence-electron chi connectivity index (χ3n) is 6.28. The van der Waals surface area contributed by atoms with Crippen molar-refractivity contribution in [2.75, 3.05) is 5.32 Å². The Morgan fingerprint density at radius 3 is 2.85 bits per heavy atom. The number of nitrogens with one attached hydrogen (secondary N) is 1. The molecule has 3 heterocycles. The van der Waals surface area contributed by atoms with E-state index in [-0.39, 0.29) is 12.5 Å². The first-order valence-electron chi connectivity index (χ1n) is 11.3. The van der Waals surface area contributed by atoms with Gasteiger partial charge in [-0.2, -0.15) is 10.2 Å². The summed E-state index contributed by atoms with van der Waals surface area (Å²) in [5.41, 5.74) is 4.86. The van der Waals surface area contributed by atoms with E-state index in [1.807, 2.05) is 36.1 Å². The Labute approximate surface area is 191 Å². The summed E-state index contributed by atoms with van der Waals surface area (Å²) in [6.07, 6.45) is 7.79. The molecule has 5 aromatic rings. The van der Waals surface area contributed by atoms with E-state index in [1.54, 1.807) is 10.9 Å². The number of nitrogens with zero attached hydrogens (tertiary/aromatic N) is 5. The molecule has 0 unspecified atom stereocenters. The molecule has 0 saturated heterocycles. The highest BCUT2D eigenvalue weighted by Gasteiger charge is 2.27. The number of carbonyl (C=O) groups excluding carboxylic acids is 1. The number of anilines is 1. The zero-order valence-electron chi connectivity index (χ0n) is 18.4. The summed E-state index contributed by atoms with van der Waals surface area (Å²) in [4.78, 5) is 17.3. The van der Waals surface area contributed by atoms with Crippen LogP contribution in [0.4, 0.5) is 5.69 Å². The molecule has 1 saturated carbocycles. The molecule has 1 aliphatic carbocycles. The van der Waals surface area contributed by atoms with Crippen LogP contribution in [-0.4, -0.2) is 30.5 Å². The molecule has 0 bridgehead atoms. The third kappa shape index (κ3) is 3.75. The number of pyridine rings is 1. The van der Waals surface area contributed by atoms with Crippen molar-refractivity contribution >= 4 is 33.4 Å². The molecule has 164 valence electrons. The fourth-order valence-corrected chi connectivity index (χ4v) is 4.61. The van der Waals surface area contributed by atoms with Gasteiger partial charge in [-0.25, -0.2) is 9.67 Å². The van der Waals surface area contributed by atoms with Crippen molar-refractivity contribution in [2.45, 2.75) is 38.8 Å². The Morgan fingerprint density at radius 2 is 1.97 bits per heavy atom. The monoisotopic (exact) mass is 436 g/mol. The van der Waals surface area contributed by atoms with Crippen LogP contribution in [0.15, 0.2) is 67.1 Å². The summed E-state index contributed by atoms with van der Waals surface area (Å²) in [6.45, 7) is 2.73. The van der Waals surface area contributed by atoms with Crippen LogP contribution < -0.4 is 5.32 Å². The van der Waals surface area contributed by atoms with Gasteiger partial charge in [0.15, 0.2) is 5.65 Å². The molecule has 7 nitrogen and oxygen atoms in total. The Bertz CT molecular complexity index is 1490. The van der Waals surface area contributed by atoms with E-state index in [0.29, 0.717) is 18.2 Å². The summed E-state index contributed by atoms with van der Waals surface area (Å²) in [6, 6.07) is 16.7. The van der Waals surface area contributed by atoms with Gasteiger partial charge in [-0.15, -0.1) is 0 Å². The maximum Gasteiger partial charge on any atom is 0.246 e. The highest BCUT2D eigenvalue weighted by Crippen LogP contribution is 2.43. The molecule has 0 atom stereocenters. The molecule has 1 amide bonds. The minimum absolute atomic E-state index is 0.111. The van der Waals surface area contributed by atoms with Gasteiger partial charge in [0.1, 0.15) is 6.54 Å². The lowest BCUT2D eigenvalue weighted by Crippen LogP contribution is -2.19. The van der Waals surface area contributed by atoms with Crippen molar-refractivity contribution in [1.82, 2.24) is 24.5 Å². The van der Waals surface area contributed by atoms with Crippen LogP contribution in [0.2, 0.25) is 0 Å². The van der Waals surface area contributed by atoms with Gasteiger partial charge in [-0.1, -0.05) is 42.5 Å². The van der Waals surface area contributed by atoms with Gasteiger partial charge in [0.2, 0.25) is 5.91 Å². The maximum absolute atomic E-state index is 12.8. The molecule has 1 fully saturated rings. The Balaban J connectivity index is 1.18. The van der Waals surface area contributed by atoms with Crippen LogP contribution in [0.25, 0.3) is 21.8 Å². The standard InChI is InChI=1S/C26H24N6O/c1-17-25-23(19-9-10-19)11-12-27-26(25)32(30-17)16-24(33)29-21-13-28-31(15-21)14-20-7-4-6-18-5-2-3-8-22(18)20/h2-8,11-13,15,19H,9-10,14,16H2,1H3,(H,29,33). The largest absolute Gasteiger partial charge is 0.322 e. The van der Waals surface area contributed by atoms with Gasteiger partial charge in [-0.05, 0) is 53.6 Å². The second-order valence-corrected chi connectivity index (χ2v) is 8.73. The van der Waals surface area contributed by atoms with Crippen LogP contribution >= 0.6 is 0 Å². The molecule has 3 aromatic heterocycles. The van der Waals surface area contributed by atoms with Crippen LogP contribution in [0, 0.1) is 6.92 Å². The zero-order chi connectivity index (χ0) is 22.4. The summed E-state index contributed by atoms with van der Waals surface area (Å²) in [5.74, 6) is 0.455. The molecule has 7 heteroatoms. The molecule has 0 spiro atoms. The van der Waals surface area contributed by atoms with Gasteiger partial charge >= 0.3 is 0 Å². The van der Waals surface area contributed by atoms with Gasteiger partial charge < -0.3 is 5.32 Å². The molecule has 0 radical (unpaired) electrons. The summed E-state index contributed by atoms with van der Waals surface area (Å²) in [7, 11) is 0. The van der Waals surface area contributed by atoms with Crippen LogP contribution in [0.3, 0.4) is 0 Å². The van der Waals surface area contributed by atoms with Crippen LogP contribution in [0.5, 0.6) is 0 Å². The number of amides is 1. The lowest BCUT2D eigenvalue weighted by Gasteiger charge is -2.07. The predicted molar refractivity (Wildman–Crippen MR) is 128 cm³/mol. The van der Waals surface area contributed by atoms with E-state index in [0.717, 1.165) is 16.7 Å². The number of carbonyl (C=O) groups is 1. The molecular weight excluding hydrogens is 412 g/mol. The quantitative estimate of drug-likeness (QED) is 0.420. The van der Waals surface area contributed by atoms with E-state index >= 15 is 0 Å². The molecule has 0 aliphatic heterocycles. The van der Waals surface area contributed by atoms with Gasteiger partial charge in [-0.3, -0.25) is 9.48 Å². The SMILES string of the molecule is Cc1nn(CC(=O)Nc2cnn(Cc3cccc4ccccc34)c2)c2nccc(C3CC3)c12. The minimum Gasteiger partial charge on any atom is -0.322 e. The molecule has 1 N–H and O–H groups in total. The molecule has 6 rings (SSSR count). The fourth-order valence-electron chi connectivity index (χ4n) is 4.61. The first-order valence-corrected chi connectivity index (χ1v) is 11.3. The van der Waals surface area contributed by atoms with E-state index in [1.165, 1.54) is 34.7 Å². The van der Waals surface area contributed by atoms with E-state index in [9.17, 15) is 4.79 Å². The summed E-state index contributed by atoms with van der Waals surface area (Å²) >= 11 is 0. The number of rotatable bonds is 6.